The fraction of sp³-hybridized carbons (Fsp3) is 0.100. The van der Waals surface area contributed by atoms with Crippen LogP contribution in [0.5, 0.6) is 0 Å². The number of hydrogen-bond donors (Lipinski definition) is 1. The molecule has 0 bridgehead atoms. The number of nitrogens with two attached hydrogens (primary N) is 1. The molecule has 0 aliphatic heterocycles. The Balaban J connectivity index is 2.89. The van der Waals surface area contributed by atoms with E-state index in [4.69, 9.17) is 11.0 Å². The molecule has 2 nitrogen and oxygen atoms in total. The summed E-state index contributed by atoms with van der Waals surface area (Å²) in [6.45, 7) is 0. The molecule has 2 N–H and O–H groups in total. The number of nitriles is 1. The summed E-state index contributed by atoms with van der Waals surface area (Å²) < 4.78 is 0.988. The Hall–Kier alpha value is -1.05. The van der Waals surface area contributed by atoms with E-state index < -0.39 is 0 Å². The highest BCUT2D eigenvalue weighted by molar-refractivity contribution is 9.08. The van der Waals surface area contributed by atoms with Crippen LogP contribution in [-0.4, -0.2) is 0 Å². The lowest BCUT2D eigenvalue weighted by Crippen LogP contribution is -1.88. The van der Waals surface area contributed by atoms with Gasteiger partial charge in [0.1, 0.15) is 6.07 Å². The van der Waals surface area contributed by atoms with E-state index in [-0.39, 0.29) is 0 Å². The van der Waals surface area contributed by atoms with Crippen molar-refractivity contribution in [3.63, 3.8) is 0 Å². The number of benzene rings is 1. The minimum absolute atomic E-state index is 0.700. The lowest BCUT2D eigenvalue weighted by Gasteiger charge is -1.99. The lowest BCUT2D eigenvalue weighted by molar-refractivity contribution is 1.50. The maximum Gasteiger partial charge on any atom is 0.101 e. The first-order valence-electron chi connectivity index (χ1n) is 4.02. The molecule has 70 valence electrons. The fourth-order valence-corrected chi connectivity index (χ4v) is 3.15. The van der Waals surface area contributed by atoms with Gasteiger partial charge in [-0.3, -0.25) is 0 Å². The Bertz CT molecular complexity index is 525. The zero-order valence-electron chi connectivity index (χ0n) is 7.25. The van der Waals surface area contributed by atoms with Gasteiger partial charge >= 0.3 is 0 Å². The summed E-state index contributed by atoms with van der Waals surface area (Å²) in [6.07, 6.45) is 0. The Labute approximate surface area is 94.1 Å². The lowest BCUT2D eigenvalue weighted by atomic mass is 10.1. The second-order valence-electron chi connectivity index (χ2n) is 2.91. The normalized spacial score (nSPS) is 10.3. The van der Waals surface area contributed by atoms with E-state index in [9.17, 15) is 0 Å². The molecule has 0 saturated carbocycles. The second-order valence-corrected chi connectivity index (χ2v) is 4.35. The molecule has 0 atom stereocenters. The molecule has 2 aromatic rings. The minimum atomic E-state index is 0.700. The number of nitrogen functional groups attached to an aromatic ring is 1. The van der Waals surface area contributed by atoms with E-state index in [0.717, 1.165) is 26.7 Å². The average Bonchev–Trinajstić information content (AvgIpc) is 2.63. The highest BCUT2D eigenvalue weighted by atomic mass is 79.9. The standard InChI is InChI=1S/C10H7BrN2S/c11-3-7-5-14-10-6(4-12)1-2-8(13)9(7)10/h1-2,5H,3,13H2. The maximum atomic E-state index is 8.91. The number of nitrogens with zero attached hydrogens (tertiary/aromatic N) is 1. The van der Waals surface area contributed by atoms with Crippen molar-refractivity contribution in [3.05, 3.63) is 28.6 Å². The molecular formula is C10H7BrN2S. The largest absolute Gasteiger partial charge is 0.398 e. The second kappa shape index (κ2) is 3.60. The smallest absolute Gasteiger partial charge is 0.101 e. The summed E-state index contributed by atoms with van der Waals surface area (Å²) in [7, 11) is 0. The Kier molecular flexibility index (Phi) is 2.44. The van der Waals surface area contributed by atoms with E-state index in [1.807, 2.05) is 5.38 Å². The van der Waals surface area contributed by atoms with Gasteiger partial charge < -0.3 is 5.73 Å². The summed E-state index contributed by atoms with van der Waals surface area (Å²) >= 11 is 4.98. The van der Waals surface area contributed by atoms with E-state index in [2.05, 4.69) is 22.0 Å². The topological polar surface area (TPSA) is 49.8 Å². The predicted molar refractivity (Wildman–Crippen MR) is 63.6 cm³/mol. The van der Waals surface area contributed by atoms with Crippen LogP contribution in [0.1, 0.15) is 11.1 Å². The number of halogens is 1. The number of rotatable bonds is 1. The molecule has 2 rings (SSSR count). The van der Waals surface area contributed by atoms with Crippen molar-refractivity contribution in [2.45, 2.75) is 5.33 Å². The van der Waals surface area contributed by atoms with E-state index >= 15 is 0 Å². The SMILES string of the molecule is N#Cc1ccc(N)c2c(CBr)csc12. The summed E-state index contributed by atoms with van der Waals surface area (Å²) in [4.78, 5) is 0. The number of thiophene rings is 1. The van der Waals surface area contributed by atoms with Crippen molar-refractivity contribution in [1.29, 1.82) is 5.26 Å². The Morgan fingerprint density at radius 3 is 2.93 bits per heavy atom. The third kappa shape index (κ3) is 1.29. The highest BCUT2D eigenvalue weighted by Crippen LogP contribution is 2.34. The van der Waals surface area contributed by atoms with Crippen LogP contribution in [0.25, 0.3) is 10.1 Å². The van der Waals surface area contributed by atoms with Gasteiger partial charge in [-0.25, -0.2) is 0 Å². The molecule has 14 heavy (non-hydrogen) atoms. The predicted octanol–water partition coefficient (Wildman–Crippen LogP) is 3.25. The number of fused-ring (bicyclic) bond motifs is 1. The molecule has 0 amide bonds. The monoisotopic (exact) mass is 266 g/mol. The molecule has 0 aliphatic carbocycles. The van der Waals surface area contributed by atoms with Crippen molar-refractivity contribution < 1.29 is 0 Å². The first-order valence-corrected chi connectivity index (χ1v) is 6.02. The van der Waals surface area contributed by atoms with E-state index in [1.54, 1.807) is 23.5 Å². The van der Waals surface area contributed by atoms with Crippen LogP contribution in [-0.2, 0) is 5.33 Å². The Morgan fingerprint density at radius 1 is 1.50 bits per heavy atom. The van der Waals surface area contributed by atoms with Crippen molar-refractivity contribution in [1.82, 2.24) is 0 Å². The molecule has 0 unspecified atom stereocenters. The third-order valence-corrected chi connectivity index (χ3v) is 3.76. The third-order valence-electron chi connectivity index (χ3n) is 2.09. The molecule has 0 aliphatic rings. The van der Waals surface area contributed by atoms with Crippen molar-refractivity contribution >= 4 is 43.0 Å². The first kappa shape index (κ1) is 9.50. The van der Waals surface area contributed by atoms with E-state index in [1.165, 1.54) is 0 Å². The van der Waals surface area contributed by atoms with Crippen molar-refractivity contribution in [3.8, 4) is 6.07 Å². The molecule has 0 radical (unpaired) electrons. The zero-order chi connectivity index (χ0) is 10.1. The minimum Gasteiger partial charge on any atom is -0.398 e. The summed E-state index contributed by atoms with van der Waals surface area (Å²) in [5.74, 6) is 0. The van der Waals surface area contributed by atoms with Gasteiger partial charge in [0.25, 0.3) is 0 Å². The molecular weight excluding hydrogens is 260 g/mol. The van der Waals surface area contributed by atoms with E-state index in [0.29, 0.717) is 5.56 Å². The van der Waals surface area contributed by atoms with Crippen LogP contribution in [0.2, 0.25) is 0 Å². The fourth-order valence-electron chi connectivity index (χ4n) is 1.43. The van der Waals surface area contributed by atoms with Crippen LogP contribution in [0.3, 0.4) is 0 Å². The van der Waals surface area contributed by atoms with Gasteiger partial charge in [0.15, 0.2) is 0 Å². The summed E-state index contributed by atoms with van der Waals surface area (Å²) in [5.41, 5.74) is 8.47. The average molecular weight is 267 g/mol. The molecule has 1 aromatic heterocycles. The number of anilines is 1. The first-order chi connectivity index (χ1) is 6.77. The molecule has 0 saturated heterocycles. The number of alkyl halides is 1. The quantitative estimate of drug-likeness (QED) is 0.637. The summed E-state index contributed by atoms with van der Waals surface area (Å²) in [6, 6.07) is 5.74. The van der Waals surface area contributed by atoms with Gasteiger partial charge in [-0.15, -0.1) is 11.3 Å². The molecule has 0 fully saturated rings. The van der Waals surface area contributed by atoms with Gasteiger partial charge in [-0.1, -0.05) is 15.9 Å². The zero-order valence-corrected chi connectivity index (χ0v) is 9.65. The molecule has 1 heterocycles. The molecule has 1 aromatic carbocycles. The summed E-state index contributed by atoms with van der Waals surface area (Å²) in [5, 5.41) is 12.7. The van der Waals surface area contributed by atoms with Gasteiger partial charge in [0, 0.05) is 16.4 Å². The maximum absolute atomic E-state index is 8.91. The highest BCUT2D eigenvalue weighted by Gasteiger charge is 2.09. The van der Waals surface area contributed by atoms with Crippen LogP contribution in [0.4, 0.5) is 5.69 Å². The van der Waals surface area contributed by atoms with Gasteiger partial charge in [-0.05, 0) is 23.1 Å². The van der Waals surface area contributed by atoms with Crippen molar-refractivity contribution in [2.24, 2.45) is 0 Å². The van der Waals surface area contributed by atoms with Crippen molar-refractivity contribution in [2.75, 3.05) is 5.73 Å². The van der Waals surface area contributed by atoms with Crippen LogP contribution >= 0.6 is 27.3 Å². The van der Waals surface area contributed by atoms with Gasteiger partial charge in [-0.2, -0.15) is 5.26 Å². The van der Waals surface area contributed by atoms with Gasteiger partial charge in [0.2, 0.25) is 0 Å². The number of hydrogen-bond acceptors (Lipinski definition) is 3. The Morgan fingerprint density at radius 2 is 2.29 bits per heavy atom. The van der Waals surface area contributed by atoms with Crippen LogP contribution in [0, 0.1) is 11.3 Å². The van der Waals surface area contributed by atoms with Crippen LogP contribution in [0.15, 0.2) is 17.5 Å². The molecule has 4 heteroatoms. The molecule has 0 spiro atoms. The van der Waals surface area contributed by atoms with Crippen LogP contribution < -0.4 is 5.73 Å². The van der Waals surface area contributed by atoms with Gasteiger partial charge in [0.05, 0.1) is 10.3 Å².